The summed E-state index contributed by atoms with van der Waals surface area (Å²) in [5, 5.41) is 4.07. The minimum Gasteiger partial charge on any atom is -0.463 e. The number of hydrogen-bond acceptors (Lipinski definition) is 18. The van der Waals surface area contributed by atoms with E-state index < -0.39 is 116 Å². The van der Waals surface area contributed by atoms with Crippen LogP contribution in [0.15, 0.2) is 5.11 Å². The molecule has 5 aliphatic rings. The van der Waals surface area contributed by atoms with Crippen molar-refractivity contribution in [2.24, 2.45) is 58.4 Å². The van der Waals surface area contributed by atoms with Gasteiger partial charge in [-0.3, -0.25) is 14.4 Å². The van der Waals surface area contributed by atoms with Crippen molar-refractivity contribution in [1.82, 2.24) is 0 Å². The fourth-order valence-corrected chi connectivity index (χ4v) is 10.3. The second kappa shape index (κ2) is 24.4. The fourth-order valence-electron chi connectivity index (χ4n) is 10.3. The Morgan fingerprint density at radius 1 is 0.433 bits per heavy atom. The molecule has 0 aliphatic carbocycles. The van der Waals surface area contributed by atoms with E-state index in [1.807, 2.05) is 55.4 Å². The van der Waals surface area contributed by atoms with Crippen LogP contribution in [0, 0.1) is 53.3 Å². The zero-order valence-corrected chi connectivity index (χ0v) is 42.3. The van der Waals surface area contributed by atoms with Gasteiger partial charge in [-0.1, -0.05) is 67.4 Å². The van der Waals surface area contributed by atoms with E-state index in [4.69, 9.17) is 66.3 Å². The third kappa shape index (κ3) is 13.0. The third-order valence-electron chi connectivity index (χ3n) is 15.3. The van der Waals surface area contributed by atoms with Crippen LogP contribution in [0.3, 0.4) is 0 Å². The van der Waals surface area contributed by atoms with Gasteiger partial charge in [-0.15, -0.1) is 0 Å². The Balaban J connectivity index is 1.28. The lowest BCUT2D eigenvalue weighted by Crippen LogP contribution is -2.61. The molecule has 10 unspecified atom stereocenters. The first kappa shape index (κ1) is 55.2. The predicted molar refractivity (Wildman–Crippen MR) is 237 cm³/mol. The molecule has 0 bridgehead atoms. The molecule has 0 amide bonds. The molecular weight excluding hydrogens is 879 g/mol. The summed E-state index contributed by atoms with van der Waals surface area (Å²) in [6, 6.07) is -0.627. The van der Waals surface area contributed by atoms with Crippen LogP contribution in [0.2, 0.25) is 0 Å². The number of esters is 3. The average Bonchev–Trinajstić information content (AvgIpc) is 3.27. The first-order valence-electron chi connectivity index (χ1n) is 24.0. The van der Waals surface area contributed by atoms with Crippen LogP contribution in [-0.4, -0.2) is 150 Å². The van der Waals surface area contributed by atoms with Gasteiger partial charge in [0.15, 0.2) is 31.5 Å². The molecule has 0 aromatic heterocycles. The molecule has 5 rings (SSSR count). The highest BCUT2D eigenvalue weighted by Crippen LogP contribution is 2.43. The summed E-state index contributed by atoms with van der Waals surface area (Å²) in [5.74, 6) is -2.63. The van der Waals surface area contributed by atoms with Crippen LogP contribution in [0.5, 0.6) is 0 Å². The summed E-state index contributed by atoms with van der Waals surface area (Å²) in [7, 11) is 3.21. The van der Waals surface area contributed by atoms with E-state index in [1.54, 1.807) is 14.2 Å². The van der Waals surface area contributed by atoms with Gasteiger partial charge in [0, 0.05) is 63.6 Å². The molecule has 5 heterocycles. The summed E-state index contributed by atoms with van der Waals surface area (Å²) >= 11 is 0. The molecular formula is C47H79N3O17. The first-order chi connectivity index (χ1) is 31.6. The van der Waals surface area contributed by atoms with Gasteiger partial charge in [-0.05, 0) is 49.0 Å². The number of carbonyl (C=O) groups is 3. The molecule has 5 fully saturated rings. The van der Waals surface area contributed by atoms with E-state index in [2.05, 4.69) is 30.8 Å². The second-order valence-electron chi connectivity index (χ2n) is 19.7. The molecule has 5 aliphatic heterocycles. The van der Waals surface area contributed by atoms with Crippen LogP contribution in [0.25, 0.3) is 10.4 Å². The van der Waals surface area contributed by atoms with Gasteiger partial charge in [0.25, 0.3) is 0 Å². The van der Waals surface area contributed by atoms with Crippen molar-refractivity contribution in [2.75, 3.05) is 34.0 Å². The number of methoxy groups -OCH3 is 2. The van der Waals surface area contributed by atoms with Gasteiger partial charge < -0.3 is 66.3 Å². The number of ether oxygens (including phenoxy) is 14. The molecule has 0 radical (unpaired) electrons. The Morgan fingerprint density at radius 2 is 0.821 bits per heavy atom. The SMILES string of the molecule is COC1C(C)[C@@H](O[C@H]2C(COC(C)=O)O[C@@H](OC)C(C)[C@H]2C)O[C@@H](C)[C@H]1O[C@H]1O[C@H](COC(C)=O)[C@@H](O[C@@H]2OC(C)[C@H](O[C@@H]3OC(COC(C)=O)[C@H](C)[C@H](C)C3N=[N+]=[N-])[C@H](C)C2C)C(C)C1C. The average molecular weight is 958 g/mol. The molecule has 67 heavy (non-hydrogen) atoms. The Morgan fingerprint density at radius 3 is 1.30 bits per heavy atom. The van der Waals surface area contributed by atoms with E-state index in [-0.39, 0.29) is 73.1 Å². The first-order valence-corrected chi connectivity index (χ1v) is 24.0. The van der Waals surface area contributed by atoms with Crippen molar-refractivity contribution in [3.05, 3.63) is 10.4 Å². The molecule has 5 saturated heterocycles. The number of nitrogens with zero attached hydrogens (tertiary/aromatic N) is 3. The fraction of sp³-hybridized carbons (Fsp3) is 0.936. The minimum absolute atomic E-state index is 0.00304. The van der Waals surface area contributed by atoms with Crippen LogP contribution >= 0.6 is 0 Å². The maximum Gasteiger partial charge on any atom is 0.302 e. The van der Waals surface area contributed by atoms with Crippen molar-refractivity contribution < 1.29 is 80.7 Å². The maximum atomic E-state index is 12.2. The van der Waals surface area contributed by atoms with Gasteiger partial charge in [-0.25, -0.2) is 0 Å². The number of azide groups is 1. The molecule has 20 heteroatoms. The Bertz CT molecular complexity index is 1670. The molecule has 20 nitrogen and oxygen atoms in total. The number of carbonyl (C=O) groups excluding carboxylic acids is 3. The van der Waals surface area contributed by atoms with Crippen LogP contribution in [0.1, 0.15) is 96.9 Å². The van der Waals surface area contributed by atoms with Crippen molar-refractivity contribution in [1.29, 1.82) is 0 Å². The Hall–Kier alpha value is -2.72. The quantitative estimate of drug-likeness (QED) is 0.0539. The highest BCUT2D eigenvalue weighted by molar-refractivity contribution is 5.66. The van der Waals surface area contributed by atoms with Crippen molar-refractivity contribution in [3.63, 3.8) is 0 Å². The zero-order chi connectivity index (χ0) is 49.6. The summed E-state index contributed by atoms with van der Waals surface area (Å²) < 4.78 is 87.6. The predicted octanol–water partition coefficient (Wildman–Crippen LogP) is 5.95. The minimum atomic E-state index is -0.908. The summed E-state index contributed by atoms with van der Waals surface area (Å²) in [5.41, 5.74) is 9.48. The standard InChI is InChI=1S/C47H79N3O17/c1-20-21(2)37(49-50-48)47(61-34(20)17-56-31(12)51)64-38-22(3)26(7)44(59-29(38)10)65-40-24(5)27(8)45(63-36(40)19-58-33(14)53)67-42-30(11)60-46(28(9)41(42)54-15)66-39-23(4)25(6)43(55-16)62-35(39)18-57-32(13)52/h20-30,34-47H,17-19H2,1-16H3/t20-,21+,22-,23-,24?,25?,26?,27?,28?,29?,30+,34?,35?,36-,37?,38-,39-,40+,41?,42-,43-,44+,45-,46-,47+/m1/s1. The monoisotopic (exact) mass is 958 g/mol. The smallest absolute Gasteiger partial charge is 0.302 e. The molecule has 0 spiro atoms. The van der Waals surface area contributed by atoms with E-state index in [9.17, 15) is 19.9 Å². The van der Waals surface area contributed by atoms with Crippen molar-refractivity contribution in [2.45, 2.75) is 195 Å². The van der Waals surface area contributed by atoms with E-state index in [0.717, 1.165) is 0 Å². The zero-order valence-electron chi connectivity index (χ0n) is 42.3. The summed E-state index contributed by atoms with van der Waals surface area (Å²) in [6.07, 6.45) is -9.00. The van der Waals surface area contributed by atoms with Crippen LogP contribution < -0.4 is 0 Å². The second-order valence-corrected chi connectivity index (χ2v) is 19.7. The topological polar surface area (TPSA) is 229 Å². The largest absolute Gasteiger partial charge is 0.463 e. The summed E-state index contributed by atoms with van der Waals surface area (Å²) in [4.78, 5) is 38.8. The third-order valence-corrected chi connectivity index (χ3v) is 15.3. The number of rotatable bonds is 17. The molecule has 0 aromatic rings. The molecule has 384 valence electrons. The van der Waals surface area contributed by atoms with E-state index >= 15 is 0 Å². The maximum absolute atomic E-state index is 12.2. The molecule has 0 aromatic carbocycles. The van der Waals surface area contributed by atoms with Gasteiger partial charge in [0.05, 0.1) is 48.8 Å². The van der Waals surface area contributed by atoms with Gasteiger partial charge in [0.2, 0.25) is 0 Å². The lowest BCUT2D eigenvalue weighted by molar-refractivity contribution is -0.368. The van der Waals surface area contributed by atoms with Crippen LogP contribution in [0.4, 0.5) is 0 Å². The molecule has 0 N–H and O–H groups in total. The van der Waals surface area contributed by atoms with Crippen molar-refractivity contribution in [3.8, 4) is 0 Å². The Kier molecular flexibility index (Phi) is 20.1. The highest BCUT2D eigenvalue weighted by Gasteiger charge is 2.54. The normalized spacial score (nSPS) is 45.9. The van der Waals surface area contributed by atoms with Gasteiger partial charge in [-0.2, -0.15) is 0 Å². The van der Waals surface area contributed by atoms with Gasteiger partial charge in [0.1, 0.15) is 38.1 Å². The lowest BCUT2D eigenvalue weighted by atomic mass is 9.81. The van der Waals surface area contributed by atoms with Crippen LogP contribution in [-0.2, 0) is 80.7 Å². The van der Waals surface area contributed by atoms with Crippen molar-refractivity contribution >= 4 is 17.9 Å². The van der Waals surface area contributed by atoms with E-state index in [1.165, 1.54) is 20.8 Å². The van der Waals surface area contributed by atoms with E-state index in [0.29, 0.717) is 0 Å². The lowest BCUT2D eigenvalue weighted by Gasteiger charge is -2.51. The summed E-state index contributed by atoms with van der Waals surface area (Å²) in [6.45, 7) is 26.0. The molecule has 25 atom stereocenters. The Labute approximate surface area is 396 Å². The van der Waals surface area contributed by atoms with Gasteiger partial charge >= 0.3 is 17.9 Å². The number of hydrogen-bond donors (Lipinski definition) is 0. The molecule has 0 saturated carbocycles. The highest BCUT2D eigenvalue weighted by atomic mass is 16.8.